The Hall–Kier alpha value is -1.39. The van der Waals surface area contributed by atoms with E-state index in [-0.39, 0.29) is 18.2 Å². The highest BCUT2D eigenvalue weighted by atomic mass is 16.6. The van der Waals surface area contributed by atoms with E-state index in [2.05, 4.69) is 0 Å². The molecule has 4 nitrogen and oxygen atoms in total. The molecule has 0 N–H and O–H groups in total. The Bertz CT molecular complexity index is 417. The first-order chi connectivity index (χ1) is 9.33. The van der Waals surface area contributed by atoms with Crippen LogP contribution in [0, 0.1) is 0 Å². The number of carbonyl (C=O) groups excluding carboxylic acids is 1. The van der Waals surface area contributed by atoms with E-state index in [0.717, 1.165) is 25.0 Å². The predicted octanol–water partition coefficient (Wildman–Crippen LogP) is 2.07. The predicted molar refractivity (Wildman–Crippen MR) is 68.5 cm³/mol. The molecule has 102 valence electrons. The molecule has 0 saturated carbocycles. The fourth-order valence-electron chi connectivity index (χ4n) is 2.64. The number of hydrogen-bond acceptors (Lipinski definition) is 4. The summed E-state index contributed by atoms with van der Waals surface area (Å²) >= 11 is 0. The van der Waals surface area contributed by atoms with Gasteiger partial charge >= 0.3 is 5.97 Å². The highest BCUT2D eigenvalue weighted by Gasteiger charge is 2.41. The summed E-state index contributed by atoms with van der Waals surface area (Å²) in [5.41, 5.74) is 0.988. The van der Waals surface area contributed by atoms with Gasteiger partial charge in [-0.3, -0.25) is 0 Å². The normalized spacial score (nSPS) is 29.8. The second-order valence-electron chi connectivity index (χ2n) is 5.04. The Morgan fingerprint density at radius 1 is 1.26 bits per heavy atom. The van der Waals surface area contributed by atoms with Gasteiger partial charge in [0.1, 0.15) is 6.61 Å². The zero-order valence-electron chi connectivity index (χ0n) is 10.8. The molecule has 0 spiro atoms. The number of esters is 1. The molecule has 0 aliphatic carbocycles. The average molecular weight is 262 g/mol. The summed E-state index contributed by atoms with van der Waals surface area (Å²) in [5, 5.41) is 0. The highest BCUT2D eigenvalue weighted by Crippen LogP contribution is 2.30. The number of fused-ring (bicyclic) bond motifs is 1. The summed E-state index contributed by atoms with van der Waals surface area (Å²) in [4.78, 5) is 12.0. The van der Waals surface area contributed by atoms with Gasteiger partial charge in [-0.2, -0.15) is 0 Å². The molecule has 1 aromatic carbocycles. The Morgan fingerprint density at radius 3 is 2.89 bits per heavy atom. The topological polar surface area (TPSA) is 44.8 Å². The van der Waals surface area contributed by atoms with E-state index in [9.17, 15) is 4.79 Å². The summed E-state index contributed by atoms with van der Waals surface area (Å²) in [6, 6.07) is 9.67. The van der Waals surface area contributed by atoms with Gasteiger partial charge in [-0.1, -0.05) is 30.3 Å². The first-order valence-corrected chi connectivity index (χ1v) is 6.80. The van der Waals surface area contributed by atoms with Crippen molar-refractivity contribution in [3.8, 4) is 0 Å². The van der Waals surface area contributed by atoms with Crippen LogP contribution in [0.5, 0.6) is 0 Å². The maximum Gasteiger partial charge on any atom is 0.335 e. The Labute approximate surface area is 112 Å². The van der Waals surface area contributed by atoms with Gasteiger partial charge in [0.2, 0.25) is 0 Å². The van der Waals surface area contributed by atoms with Crippen molar-refractivity contribution < 1.29 is 19.0 Å². The number of hydrogen-bond donors (Lipinski definition) is 0. The van der Waals surface area contributed by atoms with Gasteiger partial charge in [-0.15, -0.1) is 0 Å². The van der Waals surface area contributed by atoms with Gasteiger partial charge in [0.15, 0.2) is 6.10 Å². The van der Waals surface area contributed by atoms with Crippen LogP contribution in [0.2, 0.25) is 0 Å². The molecule has 3 rings (SSSR count). The van der Waals surface area contributed by atoms with Crippen molar-refractivity contribution in [2.45, 2.75) is 44.2 Å². The van der Waals surface area contributed by atoms with Crippen molar-refractivity contribution >= 4 is 5.97 Å². The lowest BCUT2D eigenvalue weighted by Crippen LogP contribution is -2.29. The van der Waals surface area contributed by atoms with Crippen LogP contribution in [0.3, 0.4) is 0 Å². The molecule has 0 aromatic heterocycles. The smallest absolute Gasteiger partial charge is 0.335 e. The number of carbonyl (C=O) groups is 1. The molecule has 2 aliphatic rings. The molecule has 1 aromatic rings. The van der Waals surface area contributed by atoms with Crippen LogP contribution in [-0.4, -0.2) is 30.9 Å². The average Bonchev–Trinajstić information content (AvgIpc) is 2.90. The van der Waals surface area contributed by atoms with Gasteiger partial charge in [0.05, 0.1) is 12.2 Å². The summed E-state index contributed by atoms with van der Waals surface area (Å²) in [5.74, 6) is -0.276. The van der Waals surface area contributed by atoms with Crippen molar-refractivity contribution in [3.05, 3.63) is 35.9 Å². The highest BCUT2D eigenvalue weighted by molar-refractivity contribution is 5.75. The first-order valence-electron chi connectivity index (χ1n) is 6.80. The largest absolute Gasteiger partial charge is 0.459 e. The minimum absolute atomic E-state index is 0.0722. The van der Waals surface area contributed by atoms with Crippen molar-refractivity contribution in [2.24, 2.45) is 0 Å². The summed E-state index contributed by atoms with van der Waals surface area (Å²) in [6.07, 6.45) is 2.29. The first kappa shape index (κ1) is 12.6. The molecule has 2 heterocycles. The van der Waals surface area contributed by atoms with E-state index in [1.165, 1.54) is 0 Å². The summed E-state index contributed by atoms with van der Waals surface area (Å²) in [6.45, 7) is 1.08. The summed E-state index contributed by atoms with van der Waals surface area (Å²) < 4.78 is 16.6. The quantitative estimate of drug-likeness (QED) is 0.782. The third-order valence-corrected chi connectivity index (χ3v) is 3.65. The lowest BCUT2D eigenvalue weighted by molar-refractivity contribution is -0.158. The lowest BCUT2D eigenvalue weighted by Gasteiger charge is -2.23. The van der Waals surface area contributed by atoms with Gasteiger partial charge < -0.3 is 14.2 Å². The molecular weight excluding hydrogens is 244 g/mol. The van der Waals surface area contributed by atoms with E-state index in [1.807, 2.05) is 30.3 Å². The molecule has 0 unspecified atom stereocenters. The van der Waals surface area contributed by atoms with Gasteiger partial charge in [0.25, 0.3) is 0 Å². The number of rotatable bonds is 3. The zero-order chi connectivity index (χ0) is 13.1. The van der Waals surface area contributed by atoms with E-state index < -0.39 is 6.10 Å². The second kappa shape index (κ2) is 5.72. The van der Waals surface area contributed by atoms with Crippen molar-refractivity contribution in [1.82, 2.24) is 0 Å². The minimum atomic E-state index is -0.461. The van der Waals surface area contributed by atoms with Crippen molar-refractivity contribution in [2.75, 3.05) is 6.61 Å². The van der Waals surface area contributed by atoms with E-state index in [0.29, 0.717) is 13.0 Å². The fraction of sp³-hybridized carbons (Fsp3) is 0.533. The lowest BCUT2D eigenvalue weighted by atomic mass is 10.0. The molecule has 4 heteroatoms. The molecule has 19 heavy (non-hydrogen) atoms. The Balaban J connectivity index is 1.51. The third-order valence-electron chi connectivity index (χ3n) is 3.65. The molecule has 0 radical (unpaired) electrons. The number of ether oxygens (including phenoxy) is 3. The number of benzene rings is 1. The molecular formula is C15H18O4. The Morgan fingerprint density at radius 2 is 2.11 bits per heavy atom. The zero-order valence-corrected chi connectivity index (χ0v) is 10.8. The third kappa shape index (κ3) is 2.96. The molecule has 2 aliphatic heterocycles. The van der Waals surface area contributed by atoms with E-state index in [1.54, 1.807) is 0 Å². The monoisotopic (exact) mass is 262 g/mol. The van der Waals surface area contributed by atoms with Crippen LogP contribution in [0.15, 0.2) is 30.3 Å². The minimum Gasteiger partial charge on any atom is -0.459 e. The van der Waals surface area contributed by atoms with Crippen LogP contribution < -0.4 is 0 Å². The van der Waals surface area contributed by atoms with Crippen LogP contribution in [0.1, 0.15) is 24.8 Å². The van der Waals surface area contributed by atoms with Crippen LogP contribution in [-0.2, 0) is 25.6 Å². The SMILES string of the molecule is O=C(OCc1ccccc1)[C@H]1C[C@H]2OCCC[C@H]2O1. The van der Waals surface area contributed by atoms with E-state index in [4.69, 9.17) is 14.2 Å². The van der Waals surface area contributed by atoms with Crippen LogP contribution in [0.25, 0.3) is 0 Å². The van der Waals surface area contributed by atoms with Crippen molar-refractivity contribution in [1.29, 1.82) is 0 Å². The molecule has 0 amide bonds. The van der Waals surface area contributed by atoms with Gasteiger partial charge in [-0.25, -0.2) is 4.79 Å². The second-order valence-corrected chi connectivity index (χ2v) is 5.04. The van der Waals surface area contributed by atoms with E-state index >= 15 is 0 Å². The molecule has 0 bridgehead atoms. The Kier molecular flexibility index (Phi) is 3.80. The molecule has 2 fully saturated rings. The van der Waals surface area contributed by atoms with Crippen LogP contribution >= 0.6 is 0 Å². The van der Waals surface area contributed by atoms with Crippen molar-refractivity contribution in [3.63, 3.8) is 0 Å². The maximum absolute atomic E-state index is 12.0. The fourth-order valence-corrected chi connectivity index (χ4v) is 2.64. The molecule has 2 saturated heterocycles. The van der Waals surface area contributed by atoms with Gasteiger partial charge in [0, 0.05) is 13.0 Å². The summed E-state index contributed by atoms with van der Waals surface area (Å²) in [7, 11) is 0. The van der Waals surface area contributed by atoms with Gasteiger partial charge in [-0.05, 0) is 18.4 Å². The maximum atomic E-state index is 12.0. The van der Waals surface area contributed by atoms with Crippen LogP contribution in [0.4, 0.5) is 0 Å². The standard InChI is InChI=1S/C15H18O4/c16-15(18-10-11-5-2-1-3-6-11)14-9-13-12(19-14)7-4-8-17-13/h1-3,5-6,12-14H,4,7-10H2/t12-,13-,14-/m1/s1. The molecule has 3 atom stereocenters.